The van der Waals surface area contributed by atoms with Gasteiger partial charge in [0.15, 0.2) is 0 Å². The maximum Gasteiger partial charge on any atom is 0.356 e. The van der Waals surface area contributed by atoms with Crippen LogP contribution in [0.2, 0.25) is 0 Å². The molecule has 0 radical (unpaired) electrons. The highest BCUT2D eigenvalue weighted by Gasteiger charge is 2.28. The largest absolute Gasteiger partial charge is 0.478 e. The van der Waals surface area contributed by atoms with Gasteiger partial charge in [0.25, 0.3) is 12.0 Å². The molecule has 1 amide bonds. The van der Waals surface area contributed by atoms with E-state index in [0.29, 0.717) is 29.6 Å². The van der Waals surface area contributed by atoms with E-state index in [-0.39, 0.29) is 11.7 Å². The number of carbonyl (C=O) groups excluding carboxylic acids is 1. The molecule has 3 aromatic rings. The Labute approximate surface area is 159 Å². The van der Waals surface area contributed by atoms with E-state index in [1.165, 1.54) is 12.1 Å². The number of hydrogen-bond donors (Lipinski definition) is 4. The zero-order valence-electron chi connectivity index (χ0n) is 14.7. The first kappa shape index (κ1) is 19.0. The topological polar surface area (TPSA) is 129 Å². The second-order valence-corrected chi connectivity index (χ2v) is 6.10. The number of carboxylic acid groups (broad SMARTS) is 2. The fourth-order valence-electron chi connectivity index (χ4n) is 2.70. The molecule has 3 rings (SSSR count). The van der Waals surface area contributed by atoms with E-state index in [4.69, 9.17) is 14.9 Å². The maximum absolute atomic E-state index is 12.3. The molecule has 0 saturated carbocycles. The van der Waals surface area contributed by atoms with Gasteiger partial charge < -0.3 is 25.3 Å². The molecule has 0 atom stereocenters. The molecule has 144 valence electrons. The van der Waals surface area contributed by atoms with Crippen LogP contribution in [0.15, 0.2) is 54.6 Å². The number of nitrogens with one attached hydrogen (secondary N) is 2. The van der Waals surface area contributed by atoms with Gasteiger partial charge in [0.2, 0.25) is 0 Å². The highest BCUT2D eigenvalue weighted by molar-refractivity contribution is 5.98. The normalized spacial score (nSPS) is 10.8. The Morgan fingerprint density at radius 3 is 2.39 bits per heavy atom. The van der Waals surface area contributed by atoms with E-state index in [0.717, 1.165) is 5.56 Å². The number of amides is 1. The van der Waals surface area contributed by atoms with E-state index < -0.39 is 18.0 Å². The Bertz CT molecular complexity index is 998. The number of ether oxygens (including phenoxy) is 1. The van der Waals surface area contributed by atoms with Gasteiger partial charge in [-0.1, -0.05) is 30.3 Å². The number of benzene rings is 2. The van der Waals surface area contributed by atoms with E-state index in [1.54, 1.807) is 12.1 Å². The zero-order valence-corrected chi connectivity index (χ0v) is 14.7. The molecule has 0 bridgehead atoms. The van der Waals surface area contributed by atoms with Crippen molar-refractivity contribution < 1.29 is 29.3 Å². The Hall–Kier alpha value is -3.81. The van der Waals surface area contributed by atoms with Gasteiger partial charge in [-0.25, -0.2) is 9.59 Å². The lowest BCUT2D eigenvalue weighted by atomic mass is 10.1. The van der Waals surface area contributed by atoms with Crippen molar-refractivity contribution in [2.45, 2.75) is 12.5 Å². The molecule has 4 N–H and O–H groups in total. The van der Waals surface area contributed by atoms with Crippen LogP contribution in [0.25, 0.3) is 10.9 Å². The first-order chi connectivity index (χ1) is 13.4. The van der Waals surface area contributed by atoms with Crippen LogP contribution in [-0.2, 0) is 16.0 Å². The zero-order chi connectivity index (χ0) is 20.1. The van der Waals surface area contributed by atoms with Crippen LogP contribution in [0.5, 0.6) is 5.75 Å². The molecule has 0 fully saturated rings. The summed E-state index contributed by atoms with van der Waals surface area (Å²) in [5, 5.41) is 21.3. The molecule has 0 aliphatic carbocycles. The second kappa shape index (κ2) is 8.26. The lowest BCUT2D eigenvalue weighted by molar-refractivity contribution is -0.159. The standard InChI is InChI=1S/C20H18N2O6/c23-18(21-9-8-12-4-2-1-3-5-12)16-10-13-6-7-14(11-15(13)22-16)28-17(19(24)25)20(26)27/h1-7,10-11,17,22H,8-9H2,(H,21,23)(H,24,25)(H,26,27). The molecular formula is C20H18N2O6. The molecule has 0 spiro atoms. The van der Waals surface area contributed by atoms with Crippen LogP contribution in [0.1, 0.15) is 16.1 Å². The summed E-state index contributed by atoms with van der Waals surface area (Å²) in [6.45, 7) is 0.478. The summed E-state index contributed by atoms with van der Waals surface area (Å²) in [7, 11) is 0. The Morgan fingerprint density at radius 1 is 1.00 bits per heavy atom. The summed E-state index contributed by atoms with van der Waals surface area (Å²) in [5.41, 5.74) is 1.99. The quantitative estimate of drug-likeness (QED) is 0.442. The molecule has 8 nitrogen and oxygen atoms in total. The molecule has 28 heavy (non-hydrogen) atoms. The van der Waals surface area contributed by atoms with Gasteiger partial charge in [0.1, 0.15) is 11.4 Å². The summed E-state index contributed by atoms with van der Waals surface area (Å²) in [6, 6.07) is 15.9. The summed E-state index contributed by atoms with van der Waals surface area (Å²) < 4.78 is 5.01. The molecule has 2 aromatic carbocycles. The predicted molar refractivity (Wildman–Crippen MR) is 100 cm³/mol. The third kappa shape index (κ3) is 4.47. The third-order valence-electron chi connectivity index (χ3n) is 4.08. The summed E-state index contributed by atoms with van der Waals surface area (Å²) >= 11 is 0. The van der Waals surface area contributed by atoms with Crippen LogP contribution in [0.4, 0.5) is 0 Å². The fraction of sp³-hybridized carbons (Fsp3) is 0.150. The molecule has 1 heterocycles. The third-order valence-corrected chi connectivity index (χ3v) is 4.08. The fourth-order valence-corrected chi connectivity index (χ4v) is 2.70. The smallest absolute Gasteiger partial charge is 0.356 e. The number of aromatic nitrogens is 1. The van der Waals surface area contributed by atoms with Crippen LogP contribution in [0, 0.1) is 0 Å². The SMILES string of the molecule is O=C(NCCc1ccccc1)c1cc2ccc(OC(C(=O)O)C(=O)O)cc2[nH]1. The van der Waals surface area contributed by atoms with Gasteiger partial charge in [-0.05, 0) is 30.2 Å². The maximum atomic E-state index is 12.3. The summed E-state index contributed by atoms with van der Waals surface area (Å²) in [4.78, 5) is 37.1. The second-order valence-electron chi connectivity index (χ2n) is 6.10. The summed E-state index contributed by atoms with van der Waals surface area (Å²) in [5.74, 6) is -3.40. The highest BCUT2D eigenvalue weighted by Crippen LogP contribution is 2.22. The number of carbonyl (C=O) groups is 3. The monoisotopic (exact) mass is 382 g/mol. The molecular weight excluding hydrogens is 364 g/mol. The van der Waals surface area contributed by atoms with Crippen molar-refractivity contribution in [3.63, 3.8) is 0 Å². The van der Waals surface area contributed by atoms with Gasteiger partial charge in [-0.15, -0.1) is 0 Å². The number of rotatable bonds is 8. The molecule has 0 unspecified atom stereocenters. The molecule has 0 aliphatic heterocycles. The average Bonchev–Trinajstić information content (AvgIpc) is 3.10. The minimum absolute atomic E-state index is 0.0696. The molecule has 1 aromatic heterocycles. The number of aliphatic carboxylic acids is 2. The van der Waals surface area contributed by atoms with Crippen LogP contribution in [-0.4, -0.2) is 45.7 Å². The molecule has 0 aliphatic rings. The van der Waals surface area contributed by atoms with E-state index >= 15 is 0 Å². The first-order valence-corrected chi connectivity index (χ1v) is 8.51. The number of hydrogen-bond acceptors (Lipinski definition) is 4. The Kier molecular flexibility index (Phi) is 5.59. The van der Waals surface area contributed by atoms with Crippen molar-refractivity contribution in [3.8, 4) is 5.75 Å². The molecule has 0 saturated heterocycles. The molecule has 8 heteroatoms. The van der Waals surface area contributed by atoms with E-state index in [1.807, 2.05) is 30.3 Å². The average molecular weight is 382 g/mol. The number of fused-ring (bicyclic) bond motifs is 1. The van der Waals surface area contributed by atoms with Crippen molar-refractivity contribution in [2.24, 2.45) is 0 Å². The van der Waals surface area contributed by atoms with Gasteiger partial charge in [0.05, 0.1) is 0 Å². The lowest BCUT2D eigenvalue weighted by Gasteiger charge is -2.10. The number of H-pyrrole nitrogens is 1. The van der Waals surface area contributed by atoms with E-state index in [9.17, 15) is 14.4 Å². The van der Waals surface area contributed by atoms with Crippen molar-refractivity contribution in [3.05, 3.63) is 65.9 Å². The van der Waals surface area contributed by atoms with E-state index in [2.05, 4.69) is 10.3 Å². The minimum atomic E-state index is -2.01. The van der Waals surface area contributed by atoms with Crippen LogP contribution >= 0.6 is 0 Å². The van der Waals surface area contributed by atoms with Gasteiger partial charge in [-0.2, -0.15) is 0 Å². The van der Waals surface area contributed by atoms with Gasteiger partial charge in [0, 0.05) is 23.5 Å². The Balaban J connectivity index is 1.67. The highest BCUT2D eigenvalue weighted by atomic mass is 16.5. The predicted octanol–water partition coefficient (Wildman–Crippen LogP) is 2.06. The van der Waals surface area contributed by atoms with Crippen molar-refractivity contribution in [1.82, 2.24) is 10.3 Å². The van der Waals surface area contributed by atoms with Crippen molar-refractivity contribution in [2.75, 3.05) is 6.54 Å². The minimum Gasteiger partial charge on any atom is -0.478 e. The van der Waals surface area contributed by atoms with Crippen LogP contribution in [0.3, 0.4) is 0 Å². The van der Waals surface area contributed by atoms with Gasteiger partial charge in [-0.3, -0.25) is 4.79 Å². The van der Waals surface area contributed by atoms with Crippen LogP contribution < -0.4 is 10.1 Å². The van der Waals surface area contributed by atoms with Gasteiger partial charge >= 0.3 is 11.9 Å². The Morgan fingerprint density at radius 2 is 1.71 bits per heavy atom. The summed E-state index contributed by atoms with van der Waals surface area (Å²) in [6.07, 6.45) is -1.30. The van der Waals surface area contributed by atoms with Crippen molar-refractivity contribution in [1.29, 1.82) is 0 Å². The van der Waals surface area contributed by atoms with Crippen molar-refractivity contribution >= 4 is 28.7 Å². The first-order valence-electron chi connectivity index (χ1n) is 8.51. The lowest BCUT2D eigenvalue weighted by Crippen LogP contribution is -2.35. The number of carboxylic acids is 2. The number of aromatic amines is 1.